The number of carbonyl (C=O) groups excluding carboxylic acids is 1. The van der Waals surface area contributed by atoms with Crippen molar-refractivity contribution in [2.24, 2.45) is 0 Å². The van der Waals surface area contributed by atoms with Gasteiger partial charge in [-0.2, -0.15) is 13.2 Å². The third kappa shape index (κ3) is 2.79. The van der Waals surface area contributed by atoms with Gasteiger partial charge in [0.25, 0.3) is 5.91 Å². The van der Waals surface area contributed by atoms with Gasteiger partial charge < -0.3 is 14.2 Å². The maximum atomic E-state index is 12.7. The molecule has 0 unspecified atom stereocenters. The summed E-state index contributed by atoms with van der Waals surface area (Å²) in [5.41, 5.74) is 1.26. The van der Waals surface area contributed by atoms with Crippen molar-refractivity contribution in [3.8, 4) is 0 Å². The SMILES string of the molecule is O=C(c1ccoc1)N1CCN(CC(F)(F)F)c2ccccc21. The zero-order valence-electron chi connectivity index (χ0n) is 11.5. The average Bonchev–Trinajstić information content (AvgIpc) is 3.00. The van der Waals surface area contributed by atoms with Crippen molar-refractivity contribution in [3.63, 3.8) is 0 Å². The molecule has 2 heterocycles. The number of anilines is 2. The number of carbonyl (C=O) groups is 1. The van der Waals surface area contributed by atoms with Gasteiger partial charge in [0, 0.05) is 13.1 Å². The van der Waals surface area contributed by atoms with Crippen molar-refractivity contribution in [2.45, 2.75) is 6.18 Å². The van der Waals surface area contributed by atoms with E-state index in [-0.39, 0.29) is 19.0 Å². The van der Waals surface area contributed by atoms with Gasteiger partial charge in [-0.05, 0) is 18.2 Å². The highest BCUT2D eigenvalue weighted by atomic mass is 19.4. The molecule has 0 saturated carbocycles. The molecule has 0 spiro atoms. The zero-order chi connectivity index (χ0) is 15.7. The molecule has 0 bridgehead atoms. The predicted octanol–water partition coefficient (Wildman–Crippen LogP) is 3.31. The summed E-state index contributed by atoms with van der Waals surface area (Å²) >= 11 is 0. The Morgan fingerprint density at radius 2 is 1.86 bits per heavy atom. The first-order chi connectivity index (χ1) is 10.5. The maximum Gasteiger partial charge on any atom is 0.405 e. The van der Waals surface area contributed by atoms with Crippen LogP contribution in [0.4, 0.5) is 24.5 Å². The number of fused-ring (bicyclic) bond motifs is 1. The van der Waals surface area contributed by atoms with Gasteiger partial charge in [-0.15, -0.1) is 0 Å². The molecule has 3 rings (SSSR count). The molecule has 0 atom stereocenters. The molecule has 2 aromatic rings. The van der Waals surface area contributed by atoms with Crippen molar-refractivity contribution >= 4 is 17.3 Å². The molecular weight excluding hydrogens is 297 g/mol. The van der Waals surface area contributed by atoms with Gasteiger partial charge >= 0.3 is 6.18 Å². The second kappa shape index (κ2) is 5.40. The van der Waals surface area contributed by atoms with Crippen molar-refractivity contribution in [1.82, 2.24) is 0 Å². The van der Waals surface area contributed by atoms with Gasteiger partial charge in [-0.3, -0.25) is 4.79 Å². The second-order valence-electron chi connectivity index (χ2n) is 4.99. The highest BCUT2D eigenvalue weighted by Gasteiger charge is 2.35. The first-order valence-corrected chi connectivity index (χ1v) is 6.70. The Morgan fingerprint density at radius 3 is 2.50 bits per heavy atom. The van der Waals surface area contributed by atoms with Crippen LogP contribution in [0.1, 0.15) is 10.4 Å². The lowest BCUT2D eigenvalue weighted by atomic mass is 10.1. The van der Waals surface area contributed by atoms with Crippen LogP contribution in [0.2, 0.25) is 0 Å². The lowest BCUT2D eigenvalue weighted by Gasteiger charge is -2.37. The molecule has 0 fully saturated rings. The Labute approximate surface area is 124 Å². The summed E-state index contributed by atoms with van der Waals surface area (Å²) in [6.07, 6.45) is -1.57. The quantitative estimate of drug-likeness (QED) is 0.854. The minimum atomic E-state index is -4.29. The highest BCUT2D eigenvalue weighted by molar-refractivity contribution is 6.08. The number of para-hydroxylation sites is 2. The summed E-state index contributed by atoms with van der Waals surface area (Å²) in [4.78, 5) is 15.2. The van der Waals surface area contributed by atoms with Crippen LogP contribution in [-0.2, 0) is 0 Å². The molecule has 0 saturated heterocycles. The molecule has 22 heavy (non-hydrogen) atoms. The number of nitrogens with zero attached hydrogens (tertiary/aromatic N) is 2. The summed E-state index contributed by atoms with van der Waals surface area (Å²) in [7, 11) is 0. The number of hydrogen-bond donors (Lipinski definition) is 0. The van der Waals surface area contributed by atoms with Crippen LogP contribution in [0.15, 0.2) is 47.3 Å². The van der Waals surface area contributed by atoms with Crippen LogP contribution in [0.3, 0.4) is 0 Å². The second-order valence-corrected chi connectivity index (χ2v) is 4.99. The third-order valence-electron chi connectivity index (χ3n) is 3.49. The molecule has 0 N–H and O–H groups in total. The number of rotatable bonds is 2. The number of benzene rings is 1. The molecule has 7 heteroatoms. The van der Waals surface area contributed by atoms with Gasteiger partial charge in [0.2, 0.25) is 0 Å². The third-order valence-corrected chi connectivity index (χ3v) is 3.49. The van der Waals surface area contributed by atoms with Gasteiger partial charge in [0.05, 0.1) is 23.2 Å². The van der Waals surface area contributed by atoms with Gasteiger partial charge in [-0.25, -0.2) is 0 Å². The van der Waals surface area contributed by atoms with E-state index in [0.29, 0.717) is 16.9 Å². The van der Waals surface area contributed by atoms with Gasteiger partial charge in [0.1, 0.15) is 12.8 Å². The summed E-state index contributed by atoms with van der Waals surface area (Å²) in [5.74, 6) is -0.284. The fraction of sp³-hybridized carbons (Fsp3) is 0.267. The summed E-state index contributed by atoms with van der Waals surface area (Å²) in [6.45, 7) is -0.713. The summed E-state index contributed by atoms with van der Waals surface area (Å²) in [5, 5.41) is 0. The standard InChI is InChI=1S/C15H13F3N2O2/c16-15(17,18)10-19-6-7-20(13-4-2-1-3-12(13)19)14(21)11-5-8-22-9-11/h1-5,8-9H,6-7,10H2. The van der Waals surface area contributed by atoms with E-state index < -0.39 is 12.7 Å². The van der Waals surface area contributed by atoms with Crippen LogP contribution in [0.25, 0.3) is 0 Å². The first-order valence-electron chi connectivity index (χ1n) is 6.70. The molecule has 0 aliphatic carbocycles. The fourth-order valence-electron chi connectivity index (χ4n) is 2.56. The molecule has 1 aliphatic rings. The number of furan rings is 1. The molecule has 4 nitrogen and oxygen atoms in total. The van der Waals surface area contributed by atoms with Crippen LogP contribution < -0.4 is 9.80 Å². The topological polar surface area (TPSA) is 36.7 Å². The molecule has 0 radical (unpaired) electrons. The highest BCUT2D eigenvalue weighted by Crippen LogP contribution is 2.35. The Morgan fingerprint density at radius 1 is 1.14 bits per heavy atom. The monoisotopic (exact) mass is 310 g/mol. The number of hydrogen-bond acceptors (Lipinski definition) is 3. The summed E-state index contributed by atoms with van der Waals surface area (Å²) < 4.78 is 42.9. The van der Waals surface area contributed by atoms with E-state index in [0.717, 1.165) is 0 Å². The first kappa shape index (κ1) is 14.5. The number of alkyl halides is 3. The van der Waals surface area contributed by atoms with Crippen molar-refractivity contribution < 1.29 is 22.4 Å². The fourth-order valence-corrected chi connectivity index (χ4v) is 2.56. The van der Waals surface area contributed by atoms with Crippen molar-refractivity contribution in [2.75, 3.05) is 29.4 Å². The molecule has 1 aromatic carbocycles. The van der Waals surface area contributed by atoms with E-state index >= 15 is 0 Å². The van der Waals surface area contributed by atoms with Crippen LogP contribution in [0, 0.1) is 0 Å². The van der Waals surface area contributed by atoms with Gasteiger partial charge in [0.15, 0.2) is 0 Å². The van der Waals surface area contributed by atoms with E-state index in [9.17, 15) is 18.0 Å². The van der Waals surface area contributed by atoms with E-state index in [1.54, 1.807) is 24.3 Å². The Kier molecular flexibility index (Phi) is 3.56. The summed E-state index contributed by atoms with van der Waals surface area (Å²) in [6, 6.07) is 8.14. The van der Waals surface area contributed by atoms with Crippen LogP contribution in [-0.4, -0.2) is 31.7 Å². The van der Waals surface area contributed by atoms with Crippen molar-refractivity contribution in [1.29, 1.82) is 0 Å². The van der Waals surface area contributed by atoms with Crippen LogP contribution >= 0.6 is 0 Å². The van der Waals surface area contributed by atoms with E-state index in [1.165, 1.54) is 28.4 Å². The maximum absolute atomic E-state index is 12.7. The van der Waals surface area contributed by atoms with Crippen LogP contribution in [0.5, 0.6) is 0 Å². The lowest BCUT2D eigenvalue weighted by molar-refractivity contribution is -0.119. The largest absolute Gasteiger partial charge is 0.472 e. The number of halogens is 3. The Bertz CT molecular complexity index is 668. The van der Waals surface area contributed by atoms with E-state index in [2.05, 4.69) is 0 Å². The molecular formula is C15H13F3N2O2. The lowest BCUT2D eigenvalue weighted by Crippen LogP contribution is -2.47. The smallest absolute Gasteiger partial charge is 0.405 e. The van der Waals surface area contributed by atoms with Crippen molar-refractivity contribution in [3.05, 3.63) is 48.4 Å². The molecule has 1 amide bonds. The molecule has 1 aromatic heterocycles. The molecule has 116 valence electrons. The van der Waals surface area contributed by atoms with E-state index in [4.69, 9.17) is 4.42 Å². The predicted molar refractivity (Wildman–Crippen MR) is 75.1 cm³/mol. The number of amides is 1. The molecule has 1 aliphatic heterocycles. The van der Waals surface area contributed by atoms with Gasteiger partial charge in [-0.1, -0.05) is 12.1 Å². The Hall–Kier alpha value is -2.44. The average molecular weight is 310 g/mol. The minimum Gasteiger partial charge on any atom is -0.472 e. The zero-order valence-corrected chi connectivity index (χ0v) is 11.5. The Balaban J connectivity index is 1.93. The normalized spacial score (nSPS) is 14.9. The van der Waals surface area contributed by atoms with E-state index in [1.807, 2.05) is 0 Å². The minimum absolute atomic E-state index is 0.125.